The molecule has 0 radical (unpaired) electrons. The fourth-order valence-corrected chi connectivity index (χ4v) is 4.27. The number of hydrogen-bond acceptors (Lipinski definition) is 3. The molecule has 33 heavy (non-hydrogen) atoms. The average molecular weight is 469 g/mol. The average Bonchev–Trinajstić information content (AvgIpc) is 2.98. The van der Waals surface area contributed by atoms with Gasteiger partial charge in [-0.15, -0.1) is 0 Å². The molecule has 0 aromatic rings. The lowest BCUT2D eigenvalue weighted by atomic mass is 9.79. The molecule has 0 spiro atoms. The fourth-order valence-electron chi connectivity index (χ4n) is 4.27. The van der Waals surface area contributed by atoms with Gasteiger partial charge < -0.3 is 14.9 Å². The zero-order valence-electron chi connectivity index (χ0n) is 22.0. The van der Waals surface area contributed by atoms with Crippen LogP contribution in [0.2, 0.25) is 0 Å². The molecule has 0 unspecified atom stereocenters. The summed E-state index contributed by atoms with van der Waals surface area (Å²) in [5.74, 6) is 0.326. The highest BCUT2D eigenvalue weighted by Crippen LogP contribution is 2.35. The molecule has 2 aliphatic rings. The Balaban J connectivity index is 0. The molecule has 0 atom stereocenters. The third-order valence-electron chi connectivity index (χ3n) is 6.20. The topological polar surface area (TPSA) is 83.8 Å². The van der Waals surface area contributed by atoms with Gasteiger partial charge in [0.05, 0.1) is 0 Å². The maximum Gasteiger partial charge on any atom is 0.330 e. The van der Waals surface area contributed by atoms with Crippen LogP contribution in [-0.4, -0.2) is 36.4 Å². The second-order valence-electron chi connectivity index (χ2n) is 9.50. The molecular weight excluding hydrogens is 416 g/mol. The molecule has 0 aromatic carbocycles. The summed E-state index contributed by atoms with van der Waals surface area (Å²) in [6.45, 7) is 9.20. The number of aliphatic carboxylic acids is 2. The van der Waals surface area contributed by atoms with Crippen molar-refractivity contribution in [3.05, 3.63) is 24.3 Å². The standard InChI is InChI=1S/C18H34.2C4H6O2.C2H6O/c1-2-6-10-14-17(13-9-5-1)18-15-11-7-3-4-8-12-16-18;2*1-3(2)4(5)6;1-3-2/h17-18H,1-16H2;2*1H2,2H3,(H,5,6);1-2H3. The van der Waals surface area contributed by atoms with E-state index in [1.54, 1.807) is 39.9 Å². The number of ether oxygens (including phenoxy) is 1. The molecule has 194 valence electrons. The first-order valence-electron chi connectivity index (χ1n) is 12.8. The summed E-state index contributed by atoms with van der Waals surface area (Å²) < 4.78 is 4.25. The summed E-state index contributed by atoms with van der Waals surface area (Å²) in [6.07, 6.45) is 24.5. The van der Waals surface area contributed by atoms with E-state index >= 15 is 0 Å². The van der Waals surface area contributed by atoms with Crippen molar-refractivity contribution in [1.82, 2.24) is 0 Å². The number of carbonyl (C=O) groups is 2. The molecule has 5 heteroatoms. The monoisotopic (exact) mass is 468 g/mol. The predicted molar refractivity (Wildman–Crippen MR) is 139 cm³/mol. The zero-order valence-corrected chi connectivity index (χ0v) is 22.0. The minimum absolute atomic E-state index is 0.176. The summed E-state index contributed by atoms with van der Waals surface area (Å²) in [7, 11) is 3.25. The Morgan fingerprint density at radius 3 is 0.879 bits per heavy atom. The summed E-state index contributed by atoms with van der Waals surface area (Å²) in [4.78, 5) is 19.2. The van der Waals surface area contributed by atoms with Crippen LogP contribution in [0, 0.1) is 11.8 Å². The van der Waals surface area contributed by atoms with Gasteiger partial charge >= 0.3 is 11.9 Å². The van der Waals surface area contributed by atoms with Crippen molar-refractivity contribution in [3.63, 3.8) is 0 Å². The Kier molecular flexibility index (Phi) is 23.9. The van der Waals surface area contributed by atoms with Crippen molar-refractivity contribution in [2.75, 3.05) is 14.2 Å². The van der Waals surface area contributed by atoms with E-state index in [0.29, 0.717) is 0 Å². The van der Waals surface area contributed by atoms with E-state index in [1.165, 1.54) is 90.9 Å². The van der Waals surface area contributed by atoms with E-state index in [9.17, 15) is 9.59 Å². The molecule has 0 heterocycles. The maximum absolute atomic E-state index is 9.60. The lowest BCUT2D eigenvalue weighted by Crippen LogP contribution is -2.15. The Bertz CT molecular complexity index is 436. The smallest absolute Gasteiger partial charge is 0.330 e. The molecule has 0 saturated heterocycles. The minimum atomic E-state index is -0.935. The Morgan fingerprint density at radius 1 is 0.576 bits per heavy atom. The summed E-state index contributed by atoms with van der Waals surface area (Å²) in [5.41, 5.74) is 0.352. The van der Waals surface area contributed by atoms with Gasteiger partial charge in [-0.3, -0.25) is 0 Å². The van der Waals surface area contributed by atoms with Gasteiger partial charge in [-0.05, 0) is 25.7 Å². The molecule has 2 fully saturated rings. The van der Waals surface area contributed by atoms with Crippen LogP contribution in [-0.2, 0) is 14.3 Å². The summed E-state index contributed by atoms with van der Waals surface area (Å²) in [5, 5.41) is 15.8. The van der Waals surface area contributed by atoms with E-state index in [-0.39, 0.29) is 11.1 Å². The number of rotatable bonds is 3. The molecule has 0 aliphatic heterocycles. The molecular formula is C28H52O5. The molecule has 0 aromatic heterocycles. The van der Waals surface area contributed by atoms with Crippen molar-refractivity contribution in [2.45, 2.75) is 117 Å². The van der Waals surface area contributed by atoms with E-state index in [1.807, 2.05) is 0 Å². The first-order valence-corrected chi connectivity index (χ1v) is 12.8. The van der Waals surface area contributed by atoms with Crippen LogP contribution in [0.3, 0.4) is 0 Å². The molecule has 2 rings (SSSR count). The van der Waals surface area contributed by atoms with Crippen molar-refractivity contribution >= 4 is 11.9 Å². The molecule has 2 saturated carbocycles. The Labute approximate surface area is 203 Å². The van der Waals surface area contributed by atoms with Crippen LogP contribution in [0.25, 0.3) is 0 Å². The quantitative estimate of drug-likeness (QED) is 0.409. The lowest BCUT2D eigenvalue weighted by molar-refractivity contribution is -0.133. The molecule has 2 aliphatic carbocycles. The van der Waals surface area contributed by atoms with Gasteiger partial charge in [0.25, 0.3) is 0 Å². The number of carboxylic acids is 2. The highest BCUT2D eigenvalue weighted by atomic mass is 16.4. The van der Waals surface area contributed by atoms with Gasteiger partial charge in [0, 0.05) is 25.4 Å². The normalized spacial score (nSPS) is 18.2. The SMILES string of the molecule is C1CCCCC(C2CCCCCCCC2)CCC1.C=C(C)C(=O)O.C=C(C)C(=O)O.COC. The van der Waals surface area contributed by atoms with Crippen LogP contribution in [0.15, 0.2) is 24.3 Å². The third kappa shape index (κ3) is 23.3. The van der Waals surface area contributed by atoms with Crippen molar-refractivity contribution in [2.24, 2.45) is 11.8 Å². The zero-order chi connectivity index (χ0) is 25.5. The van der Waals surface area contributed by atoms with Gasteiger partial charge in [0.15, 0.2) is 0 Å². The van der Waals surface area contributed by atoms with Gasteiger partial charge in [-0.1, -0.05) is 116 Å². The van der Waals surface area contributed by atoms with Crippen molar-refractivity contribution in [1.29, 1.82) is 0 Å². The predicted octanol–water partition coefficient (Wildman–Crippen LogP) is 8.04. The molecule has 0 amide bonds. The summed E-state index contributed by atoms with van der Waals surface area (Å²) >= 11 is 0. The van der Waals surface area contributed by atoms with Crippen LogP contribution in [0.4, 0.5) is 0 Å². The van der Waals surface area contributed by atoms with Gasteiger partial charge in [0.2, 0.25) is 0 Å². The lowest BCUT2D eigenvalue weighted by Gasteiger charge is -2.27. The highest BCUT2D eigenvalue weighted by Gasteiger charge is 2.21. The number of hydrogen-bond donors (Lipinski definition) is 2. The number of methoxy groups -OCH3 is 1. The highest BCUT2D eigenvalue weighted by molar-refractivity contribution is 5.85. The molecule has 0 bridgehead atoms. The summed E-state index contributed by atoms with van der Waals surface area (Å²) in [6, 6.07) is 0. The van der Waals surface area contributed by atoms with E-state index in [0.717, 1.165) is 11.8 Å². The van der Waals surface area contributed by atoms with Crippen LogP contribution in [0.5, 0.6) is 0 Å². The van der Waals surface area contributed by atoms with Gasteiger partial charge in [0.1, 0.15) is 0 Å². The van der Waals surface area contributed by atoms with Crippen molar-refractivity contribution in [3.8, 4) is 0 Å². The largest absolute Gasteiger partial charge is 0.478 e. The van der Waals surface area contributed by atoms with Crippen LogP contribution >= 0.6 is 0 Å². The fraction of sp³-hybridized carbons (Fsp3) is 0.786. The second-order valence-corrected chi connectivity index (χ2v) is 9.50. The van der Waals surface area contributed by atoms with Gasteiger partial charge in [-0.25, -0.2) is 9.59 Å². The third-order valence-corrected chi connectivity index (χ3v) is 6.20. The Morgan fingerprint density at radius 2 is 0.727 bits per heavy atom. The minimum Gasteiger partial charge on any atom is -0.478 e. The second kappa shape index (κ2) is 23.5. The van der Waals surface area contributed by atoms with Crippen molar-refractivity contribution < 1.29 is 24.5 Å². The molecule has 2 N–H and O–H groups in total. The van der Waals surface area contributed by atoms with E-state index in [2.05, 4.69) is 17.9 Å². The van der Waals surface area contributed by atoms with Gasteiger partial charge in [-0.2, -0.15) is 0 Å². The molecule has 5 nitrogen and oxygen atoms in total. The van der Waals surface area contributed by atoms with Crippen LogP contribution in [0.1, 0.15) is 117 Å². The first kappa shape index (κ1) is 33.6. The Hall–Kier alpha value is -1.62. The van der Waals surface area contributed by atoms with E-state index < -0.39 is 11.9 Å². The van der Waals surface area contributed by atoms with E-state index in [4.69, 9.17) is 10.2 Å². The van der Waals surface area contributed by atoms with Crippen LogP contribution < -0.4 is 0 Å². The maximum atomic E-state index is 9.60. The number of carboxylic acid groups (broad SMARTS) is 2. The first-order chi connectivity index (χ1) is 15.7.